The Kier molecular flexibility index (Phi) is 7.25. The number of hydrogen-bond acceptors (Lipinski definition) is 4. The Labute approximate surface area is 205 Å². The highest BCUT2D eigenvalue weighted by atomic mass is 32.2. The van der Waals surface area contributed by atoms with Crippen LogP contribution < -0.4 is 0 Å². The molecular weight excluding hydrogens is 468 g/mol. The molecule has 0 aromatic heterocycles. The van der Waals surface area contributed by atoms with Crippen molar-refractivity contribution in [1.82, 2.24) is 8.61 Å². The highest BCUT2D eigenvalue weighted by Crippen LogP contribution is 2.30. The molecule has 4 rings (SSSR count). The van der Waals surface area contributed by atoms with Crippen LogP contribution in [0.25, 0.3) is 11.1 Å². The van der Waals surface area contributed by atoms with Gasteiger partial charge in [0.1, 0.15) is 0 Å². The second-order valence-corrected chi connectivity index (χ2v) is 14.5. The molecule has 2 heterocycles. The fourth-order valence-corrected chi connectivity index (χ4v) is 8.90. The van der Waals surface area contributed by atoms with Crippen LogP contribution in [-0.2, 0) is 20.0 Å². The van der Waals surface area contributed by atoms with Crippen molar-refractivity contribution in [2.45, 2.75) is 50.3 Å². The average Bonchev–Trinajstić information content (AvgIpc) is 2.78. The first kappa shape index (κ1) is 25.4. The molecule has 0 amide bonds. The number of piperidine rings is 2. The van der Waals surface area contributed by atoms with Crippen LogP contribution in [0.1, 0.15) is 40.5 Å². The summed E-state index contributed by atoms with van der Waals surface area (Å²) in [5.74, 6) is 1.40. The van der Waals surface area contributed by atoms with E-state index in [1.807, 2.05) is 0 Å². The third kappa shape index (κ3) is 5.25. The van der Waals surface area contributed by atoms with Gasteiger partial charge in [-0.2, -0.15) is 8.61 Å². The van der Waals surface area contributed by atoms with Crippen molar-refractivity contribution < 1.29 is 16.8 Å². The molecule has 2 fully saturated rings. The van der Waals surface area contributed by atoms with E-state index in [4.69, 9.17) is 0 Å². The predicted molar refractivity (Wildman–Crippen MR) is 135 cm³/mol. The molecule has 2 aliphatic heterocycles. The molecule has 0 bridgehead atoms. The normalized spacial score (nSPS) is 27.5. The number of benzene rings is 2. The molecule has 0 radical (unpaired) electrons. The van der Waals surface area contributed by atoms with Gasteiger partial charge in [0, 0.05) is 26.2 Å². The van der Waals surface area contributed by atoms with Gasteiger partial charge in [-0.3, -0.25) is 0 Å². The predicted octanol–water partition coefficient (Wildman–Crippen LogP) is 4.69. The van der Waals surface area contributed by atoms with Crippen LogP contribution in [0, 0.1) is 23.7 Å². The van der Waals surface area contributed by atoms with E-state index in [1.165, 1.54) is 0 Å². The fourth-order valence-electron chi connectivity index (χ4n) is 5.54. The minimum Gasteiger partial charge on any atom is -0.207 e. The zero-order valence-corrected chi connectivity index (χ0v) is 22.1. The summed E-state index contributed by atoms with van der Waals surface area (Å²) in [4.78, 5) is 0.593. The van der Waals surface area contributed by atoms with E-state index < -0.39 is 20.0 Å². The largest absolute Gasteiger partial charge is 0.243 e. The summed E-state index contributed by atoms with van der Waals surface area (Å²) in [6.07, 6.45) is 2.10. The molecule has 2 aromatic rings. The van der Waals surface area contributed by atoms with Gasteiger partial charge in [0.05, 0.1) is 9.79 Å². The molecule has 4 atom stereocenters. The maximum Gasteiger partial charge on any atom is 0.243 e. The quantitative estimate of drug-likeness (QED) is 0.592. The minimum atomic E-state index is -3.53. The van der Waals surface area contributed by atoms with Gasteiger partial charge in [0.25, 0.3) is 0 Å². The van der Waals surface area contributed by atoms with Crippen molar-refractivity contribution in [3.8, 4) is 11.1 Å². The van der Waals surface area contributed by atoms with E-state index in [1.54, 1.807) is 57.1 Å². The van der Waals surface area contributed by atoms with Gasteiger partial charge in [-0.1, -0.05) is 52.0 Å². The average molecular weight is 505 g/mol. The van der Waals surface area contributed by atoms with Crippen molar-refractivity contribution in [3.63, 3.8) is 0 Å². The molecule has 0 N–H and O–H groups in total. The smallest absolute Gasteiger partial charge is 0.207 e. The van der Waals surface area contributed by atoms with E-state index in [9.17, 15) is 16.8 Å². The monoisotopic (exact) mass is 504 g/mol. The minimum absolute atomic E-state index is 0.296. The molecule has 8 heteroatoms. The Morgan fingerprint density at radius 1 is 0.529 bits per heavy atom. The Morgan fingerprint density at radius 3 is 1.06 bits per heavy atom. The van der Waals surface area contributed by atoms with E-state index in [2.05, 4.69) is 27.7 Å². The Hall–Kier alpha value is -1.74. The molecule has 2 aromatic carbocycles. The number of sulfonamides is 2. The van der Waals surface area contributed by atoms with Crippen LogP contribution in [-0.4, -0.2) is 51.6 Å². The van der Waals surface area contributed by atoms with Crippen LogP contribution in [0.3, 0.4) is 0 Å². The molecule has 0 spiro atoms. The Balaban J connectivity index is 1.51. The molecule has 0 aliphatic carbocycles. The zero-order chi connectivity index (χ0) is 24.7. The number of hydrogen-bond donors (Lipinski definition) is 0. The number of rotatable bonds is 5. The summed E-state index contributed by atoms with van der Waals surface area (Å²) < 4.78 is 55.7. The third-order valence-corrected chi connectivity index (χ3v) is 10.7. The number of nitrogens with zero attached hydrogens (tertiary/aromatic N) is 2. The first-order valence-corrected chi connectivity index (χ1v) is 15.1. The molecule has 34 heavy (non-hydrogen) atoms. The lowest BCUT2D eigenvalue weighted by atomic mass is 9.94. The maximum atomic E-state index is 13.1. The van der Waals surface area contributed by atoms with Gasteiger partial charge in [-0.05, 0) is 71.9 Å². The standard InChI is InChI=1S/C26H36N2O4S2/c1-19-13-20(2)16-27(15-19)33(29,30)25-9-5-23(6-10-25)24-7-11-26(12-8-24)34(31,32)28-17-21(3)14-22(4)18-28/h5-12,19-22H,13-18H2,1-4H3/t19-,20-,21-,22+/m0/s1. The molecular formula is C26H36N2O4S2. The maximum absolute atomic E-state index is 13.1. The van der Waals surface area contributed by atoms with E-state index in [0.717, 1.165) is 24.0 Å². The van der Waals surface area contributed by atoms with E-state index in [-0.39, 0.29) is 0 Å². The fraction of sp³-hybridized carbons (Fsp3) is 0.538. The first-order valence-electron chi connectivity index (χ1n) is 12.2. The van der Waals surface area contributed by atoms with Crippen LogP contribution in [0.5, 0.6) is 0 Å². The van der Waals surface area contributed by atoms with Crippen LogP contribution >= 0.6 is 0 Å². The first-order chi connectivity index (χ1) is 16.0. The van der Waals surface area contributed by atoms with Gasteiger partial charge >= 0.3 is 0 Å². The summed E-state index contributed by atoms with van der Waals surface area (Å²) in [7, 11) is -7.05. The van der Waals surface area contributed by atoms with Gasteiger partial charge < -0.3 is 0 Å². The van der Waals surface area contributed by atoms with Crippen LogP contribution in [0.4, 0.5) is 0 Å². The summed E-state index contributed by atoms with van der Waals surface area (Å²) >= 11 is 0. The van der Waals surface area contributed by atoms with Gasteiger partial charge in [-0.15, -0.1) is 0 Å². The van der Waals surface area contributed by atoms with Gasteiger partial charge in [0.15, 0.2) is 0 Å². The second kappa shape index (κ2) is 9.72. The van der Waals surface area contributed by atoms with Crippen LogP contribution in [0.2, 0.25) is 0 Å². The summed E-state index contributed by atoms with van der Waals surface area (Å²) in [5, 5.41) is 0. The molecule has 186 valence electrons. The summed E-state index contributed by atoms with van der Waals surface area (Å²) in [5.41, 5.74) is 1.70. The zero-order valence-electron chi connectivity index (χ0n) is 20.5. The van der Waals surface area contributed by atoms with E-state index in [0.29, 0.717) is 59.6 Å². The summed E-state index contributed by atoms with van der Waals surface area (Å²) in [6.45, 7) is 10.6. The van der Waals surface area contributed by atoms with Crippen molar-refractivity contribution in [2.24, 2.45) is 23.7 Å². The molecule has 0 unspecified atom stereocenters. The topological polar surface area (TPSA) is 74.8 Å². The third-order valence-electron chi connectivity index (χ3n) is 6.99. The Morgan fingerprint density at radius 2 is 0.794 bits per heavy atom. The molecule has 6 nitrogen and oxygen atoms in total. The lowest BCUT2D eigenvalue weighted by Gasteiger charge is -2.34. The van der Waals surface area contributed by atoms with E-state index >= 15 is 0 Å². The van der Waals surface area contributed by atoms with Crippen molar-refractivity contribution in [3.05, 3.63) is 48.5 Å². The highest BCUT2D eigenvalue weighted by molar-refractivity contribution is 7.89. The van der Waals surface area contributed by atoms with Crippen molar-refractivity contribution >= 4 is 20.0 Å². The van der Waals surface area contributed by atoms with Crippen LogP contribution in [0.15, 0.2) is 58.3 Å². The SMILES string of the molecule is C[C@@H]1C[C@H](C)CN(S(=O)(=O)c2ccc(-c3ccc(S(=O)(=O)N4C[C@@H](C)C[C@H](C)C4)cc3)cc2)C1. The molecule has 0 saturated carbocycles. The highest BCUT2D eigenvalue weighted by Gasteiger charge is 2.33. The van der Waals surface area contributed by atoms with Crippen molar-refractivity contribution in [2.75, 3.05) is 26.2 Å². The lowest BCUT2D eigenvalue weighted by Crippen LogP contribution is -2.42. The summed E-state index contributed by atoms with van der Waals surface area (Å²) in [6, 6.07) is 13.8. The lowest BCUT2D eigenvalue weighted by molar-refractivity contribution is 0.222. The second-order valence-electron chi connectivity index (χ2n) is 10.6. The molecule has 2 aliphatic rings. The van der Waals surface area contributed by atoms with Gasteiger partial charge in [-0.25, -0.2) is 16.8 Å². The van der Waals surface area contributed by atoms with Gasteiger partial charge in [0.2, 0.25) is 20.0 Å². The Bertz CT molecular complexity index is 1090. The molecule has 2 saturated heterocycles. The van der Waals surface area contributed by atoms with Crippen molar-refractivity contribution in [1.29, 1.82) is 0 Å².